The minimum atomic E-state index is 0. The zero-order valence-corrected chi connectivity index (χ0v) is 20.5. The molecule has 6 heteroatoms. The van der Waals surface area contributed by atoms with E-state index in [2.05, 4.69) is 27.0 Å². The van der Waals surface area contributed by atoms with E-state index in [0.717, 1.165) is 5.75 Å². The first-order valence-electron chi connectivity index (χ1n) is 6.48. The Morgan fingerprint density at radius 2 is 1.68 bits per heavy atom. The molecule has 1 aliphatic heterocycles. The number of aliphatic hydroxyl groups is 1. The van der Waals surface area contributed by atoms with Crippen molar-refractivity contribution in [2.45, 2.75) is 38.7 Å². The van der Waals surface area contributed by atoms with Gasteiger partial charge in [-0.05, 0) is 41.9 Å². The van der Waals surface area contributed by atoms with E-state index < -0.39 is 0 Å². The van der Waals surface area contributed by atoms with Gasteiger partial charge in [0.15, 0.2) is 0 Å². The number of rotatable bonds is 6. The summed E-state index contributed by atoms with van der Waals surface area (Å²) >= 11 is 3.82. The molecule has 1 rings (SSSR count). The molecular weight excluding hydrogens is 510 g/mol. The monoisotopic (exact) mass is 539 g/mol. The van der Waals surface area contributed by atoms with Gasteiger partial charge in [-0.1, -0.05) is 20.8 Å². The Labute approximate surface area is 166 Å². The van der Waals surface area contributed by atoms with Crippen LogP contribution >= 0.6 is 33.4 Å². The number of thioether (sulfide) groups is 2. The van der Waals surface area contributed by atoms with Crippen molar-refractivity contribution in [3.63, 3.8) is 0 Å². The summed E-state index contributed by atoms with van der Waals surface area (Å²) in [6.45, 7) is 6.91. The molecule has 0 aromatic rings. The Bertz CT molecular complexity index is 223. The summed E-state index contributed by atoms with van der Waals surface area (Å²) in [5.74, 6) is 4.04. The van der Waals surface area contributed by atoms with Crippen LogP contribution in [0, 0.1) is 61.8 Å². The van der Waals surface area contributed by atoms with E-state index in [0.29, 0.717) is 17.8 Å². The quantitative estimate of drug-likeness (QED) is 0.415. The van der Waals surface area contributed by atoms with Crippen molar-refractivity contribution in [1.82, 2.24) is 0 Å². The molecule has 1 aliphatic rings. The van der Waals surface area contributed by atoms with Crippen LogP contribution in [0.4, 0.5) is 0 Å². The molecule has 0 aliphatic carbocycles. The molecule has 4 unspecified atom stereocenters. The maximum Gasteiger partial charge on any atom is 0.106 e. The number of ether oxygens (including phenoxy) is 1. The average Bonchev–Trinajstić information content (AvgIpc) is 2.34. The van der Waals surface area contributed by atoms with E-state index in [4.69, 9.17) is 4.74 Å². The van der Waals surface area contributed by atoms with E-state index in [1.165, 1.54) is 12.2 Å². The maximum atomic E-state index is 9.36. The second-order valence-corrected chi connectivity index (χ2v) is 7.21. The van der Waals surface area contributed by atoms with Crippen LogP contribution in [-0.4, -0.2) is 41.0 Å². The third-order valence-corrected chi connectivity index (χ3v) is 6.03. The molecule has 1 heterocycles. The summed E-state index contributed by atoms with van der Waals surface area (Å²) in [6, 6.07) is 0. The summed E-state index contributed by atoms with van der Waals surface area (Å²) in [7, 11) is 0. The largest absolute Gasteiger partial charge is 0.394 e. The summed E-state index contributed by atoms with van der Waals surface area (Å²) in [5, 5.41) is 9.36. The van der Waals surface area contributed by atoms with Crippen molar-refractivity contribution < 1.29 is 53.9 Å². The van der Waals surface area contributed by atoms with Gasteiger partial charge >= 0.3 is 0 Å². The van der Waals surface area contributed by atoms with Gasteiger partial charge in [0.2, 0.25) is 0 Å². The second kappa shape index (κ2) is 13.0. The number of hydrogen-bond acceptors (Lipinski definition) is 4. The topological polar surface area (TPSA) is 29.5 Å². The van der Waals surface area contributed by atoms with Crippen molar-refractivity contribution in [1.29, 1.82) is 0 Å². The first-order valence-corrected chi connectivity index (χ1v) is 8.93. The Kier molecular flexibility index (Phi) is 16.2. The van der Waals surface area contributed by atoms with Crippen LogP contribution in [0.3, 0.4) is 0 Å². The van der Waals surface area contributed by atoms with Gasteiger partial charge < -0.3 is 9.84 Å². The van der Waals surface area contributed by atoms with Gasteiger partial charge in [0.1, 0.15) is 5.44 Å². The van der Waals surface area contributed by atoms with E-state index in [9.17, 15) is 5.11 Å². The van der Waals surface area contributed by atoms with Crippen LogP contribution < -0.4 is 0 Å². The molecule has 2 nitrogen and oxygen atoms in total. The molecule has 0 aromatic carbocycles. The third kappa shape index (κ3) is 7.54. The van der Waals surface area contributed by atoms with E-state index in [-0.39, 0.29) is 72.1 Å². The van der Waals surface area contributed by atoms with Gasteiger partial charge in [0.05, 0.1) is 12.7 Å². The van der Waals surface area contributed by atoms with Crippen molar-refractivity contribution in [2.24, 2.45) is 17.8 Å². The minimum absolute atomic E-state index is 0. The van der Waals surface area contributed by atoms with Crippen LogP contribution in [0.5, 0.6) is 0 Å². The summed E-state index contributed by atoms with van der Waals surface area (Å²) < 4.78 is 6.02. The zero-order chi connectivity index (χ0) is 12.8. The molecule has 0 saturated carbocycles. The Morgan fingerprint density at radius 3 is 2.21 bits per heavy atom. The summed E-state index contributed by atoms with van der Waals surface area (Å²) in [5.41, 5.74) is 0.264. The second-order valence-electron chi connectivity index (χ2n) is 5.02. The first-order chi connectivity index (χ1) is 8.11. The van der Waals surface area contributed by atoms with E-state index >= 15 is 0 Å². The SMILES string of the molecule is CSCCCS[C@@H]1OC(CO)[C@H](C)C(C)C1C.P.[Ac]. The van der Waals surface area contributed by atoms with Gasteiger partial charge in [0, 0.05) is 44.1 Å². The van der Waals surface area contributed by atoms with Gasteiger partial charge in [-0.3, -0.25) is 0 Å². The van der Waals surface area contributed by atoms with Crippen LogP contribution in [0.25, 0.3) is 0 Å². The number of hydrogen-bond donors (Lipinski definition) is 1. The van der Waals surface area contributed by atoms with Crippen LogP contribution in [-0.2, 0) is 4.74 Å². The molecule has 0 spiro atoms. The van der Waals surface area contributed by atoms with Gasteiger partial charge in [-0.25, -0.2) is 0 Å². The standard InChI is InChI=1S/C13H26O2S2.Ac.H3P/c1-9-10(2)12(8-14)15-13(11(9)3)17-7-5-6-16-4;;/h9-14H,5-8H2,1-4H3;;1H3/t9?,10-,11?,12?,13+;;/m1../s1. The van der Waals surface area contributed by atoms with Gasteiger partial charge in [0.25, 0.3) is 0 Å². The van der Waals surface area contributed by atoms with Crippen LogP contribution in [0.1, 0.15) is 27.2 Å². The van der Waals surface area contributed by atoms with Crippen LogP contribution in [0.15, 0.2) is 0 Å². The maximum absolute atomic E-state index is 9.36. The fourth-order valence-corrected chi connectivity index (χ4v) is 4.22. The minimum Gasteiger partial charge on any atom is -0.394 e. The predicted octanol–water partition coefficient (Wildman–Crippen LogP) is 3.16. The van der Waals surface area contributed by atoms with Gasteiger partial charge in [-0.15, -0.1) is 11.8 Å². The fraction of sp³-hybridized carbons (Fsp3) is 1.00. The molecule has 6 atom stereocenters. The Morgan fingerprint density at radius 1 is 1.05 bits per heavy atom. The predicted molar refractivity (Wildman–Crippen MR) is 89.8 cm³/mol. The molecule has 1 saturated heterocycles. The molecule has 1 N–H and O–H groups in total. The van der Waals surface area contributed by atoms with Crippen molar-refractivity contribution in [3.8, 4) is 0 Å². The third-order valence-electron chi connectivity index (χ3n) is 3.94. The number of aliphatic hydroxyl groups excluding tert-OH is 1. The fourth-order valence-electron chi connectivity index (χ4n) is 2.29. The smallest absolute Gasteiger partial charge is 0.106 e. The Hall–Kier alpha value is 2.49. The summed E-state index contributed by atoms with van der Waals surface area (Å²) in [6.07, 6.45) is 3.42. The van der Waals surface area contributed by atoms with E-state index in [1.54, 1.807) is 0 Å². The Balaban J connectivity index is 0. The molecule has 1 radical (unpaired) electrons. The molecule has 0 bridgehead atoms. The normalized spacial score (nSPS) is 34.3. The average molecular weight is 539 g/mol. The summed E-state index contributed by atoms with van der Waals surface area (Å²) in [4.78, 5) is 0. The van der Waals surface area contributed by atoms with E-state index in [1.807, 2.05) is 23.5 Å². The zero-order valence-electron chi connectivity index (χ0n) is 12.7. The molecule has 113 valence electrons. The van der Waals surface area contributed by atoms with Crippen molar-refractivity contribution in [3.05, 3.63) is 0 Å². The molecule has 19 heavy (non-hydrogen) atoms. The van der Waals surface area contributed by atoms with Crippen molar-refractivity contribution >= 4 is 33.4 Å². The van der Waals surface area contributed by atoms with Crippen LogP contribution in [0.2, 0.25) is 0 Å². The van der Waals surface area contributed by atoms with Crippen molar-refractivity contribution in [2.75, 3.05) is 24.4 Å². The van der Waals surface area contributed by atoms with Gasteiger partial charge in [-0.2, -0.15) is 21.7 Å². The first kappa shape index (κ1) is 23.8. The molecular formula is C13H29AcO2PS2. The molecule has 0 aromatic heterocycles. The molecule has 1 fully saturated rings. The molecule has 0 amide bonds.